The molecular weight excluding hydrogens is 362 g/mol. The zero-order valence-electron chi connectivity index (χ0n) is 15.6. The van der Waals surface area contributed by atoms with Crippen LogP contribution in [0.5, 0.6) is 0 Å². The zero-order valence-corrected chi connectivity index (χ0v) is 16.4. The van der Waals surface area contributed by atoms with Crippen molar-refractivity contribution in [3.63, 3.8) is 0 Å². The van der Waals surface area contributed by atoms with Crippen LogP contribution >= 0.6 is 11.8 Å². The molecule has 1 N–H and O–H groups in total. The number of hydrogen-bond donors (Lipinski definition) is 1. The molecular formula is C20H27N3O3S. The van der Waals surface area contributed by atoms with Gasteiger partial charge in [-0.1, -0.05) is 0 Å². The van der Waals surface area contributed by atoms with Gasteiger partial charge in [-0.25, -0.2) is 0 Å². The number of amides is 2. The molecule has 1 aromatic carbocycles. The summed E-state index contributed by atoms with van der Waals surface area (Å²) in [6.07, 6.45) is 3.80. The standard InChI is InChI=1S/C20H27N3O3S/c24-19-6-12-27-18-5-4-15(13-17(18)21-19)20(25)23-7-2-1-3-16(23)14-22-8-10-26-11-9-22/h4-5,13,16H,1-3,6-12,14H2,(H,21,24). The fraction of sp³-hybridized carbons (Fsp3) is 0.600. The van der Waals surface area contributed by atoms with E-state index in [0.717, 1.165) is 68.6 Å². The molecule has 7 heteroatoms. The molecule has 27 heavy (non-hydrogen) atoms. The van der Waals surface area contributed by atoms with E-state index in [4.69, 9.17) is 4.74 Å². The van der Waals surface area contributed by atoms with Gasteiger partial charge in [0.15, 0.2) is 0 Å². The topological polar surface area (TPSA) is 61.9 Å². The molecule has 2 saturated heterocycles. The molecule has 1 unspecified atom stereocenters. The number of piperidine rings is 1. The molecule has 146 valence electrons. The first-order valence-electron chi connectivity index (χ1n) is 9.88. The monoisotopic (exact) mass is 389 g/mol. The van der Waals surface area contributed by atoms with Crippen molar-refractivity contribution in [3.05, 3.63) is 23.8 Å². The molecule has 3 aliphatic heterocycles. The minimum atomic E-state index is 0.0222. The summed E-state index contributed by atoms with van der Waals surface area (Å²) in [7, 11) is 0. The number of fused-ring (bicyclic) bond motifs is 1. The SMILES string of the molecule is O=C1CCSc2ccc(C(=O)N3CCCCC3CN3CCOCC3)cc2N1. The van der Waals surface area contributed by atoms with Crippen LogP contribution in [-0.4, -0.2) is 72.8 Å². The van der Waals surface area contributed by atoms with E-state index in [2.05, 4.69) is 10.2 Å². The van der Waals surface area contributed by atoms with Crippen LogP contribution in [0.3, 0.4) is 0 Å². The van der Waals surface area contributed by atoms with Crippen molar-refractivity contribution in [1.29, 1.82) is 0 Å². The summed E-state index contributed by atoms with van der Waals surface area (Å²) in [6, 6.07) is 5.99. The Morgan fingerprint density at radius 2 is 2.07 bits per heavy atom. The van der Waals surface area contributed by atoms with E-state index in [1.807, 2.05) is 23.1 Å². The Labute approximate surface area is 164 Å². The van der Waals surface area contributed by atoms with E-state index < -0.39 is 0 Å². The third-order valence-corrected chi connectivity index (χ3v) is 6.62. The van der Waals surface area contributed by atoms with Crippen molar-refractivity contribution in [2.45, 2.75) is 36.6 Å². The summed E-state index contributed by atoms with van der Waals surface area (Å²) in [5.74, 6) is 0.883. The number of rotatable bonds is 3. The number of thioether (sulfide) groups is 1. The van der Waals surface area contributed by atoms with Gasteiger partial charge >= 0.3 is 0 Å². The summed E-state index contributed by atoms with van der Waals surface area (Å²) < 4.78 is 5.45. The molecule has 0 saturated carbocycles. The van der Waals surface area contributed by atoms with Gasteiger partial charge in [-0.15, -0.1) is 11.8 Å². The smallest absolute Gasteiger partial charge is 0.254 e. The van der Waals surface area contributed by atoms with Crippen LogP contribution in [0.2, 0.25) is 0 Å². The number of carbonyl (C=O) groups excluding carboxylic acids is 2. The third kappa shape index (κ3) is 4.47. The average Bonchev–Trinajstić information content (AvgIpc) is 2.88. The number of morpholine rings is 1. The first kappa shape index (κ1) is 18.8. The van der Waals surface area contributed by atoms with Crippen molar-refractivity contribution in [2.24, 2.45) is 0 Å². The van der Waals surface area contributed by atoms with Gasteiger partial charge in [0.2, 0.25) is 5.91 Å². The molecule has 1 aromatic rings. The molecule has 3 heterocycles. The maximum atomic E-state index is 13.3. The lowest BCUT2D eigenvalue weighted by Gasteiger charge is -2.39. The lowest BCUT2D eigenvalue weighted by atomic mass is 10.00. The number of likely N-dealkylation sites (tertiary alicyclic amines) is 1. The van der Waals surface area contributed by atoms with Gasteiger partial charge < -0.3 is 15.0 Å². The van der Waals surface area contributed by atoms with Crippen LogP contribution < -0.4 is 5.32 Å². The van der Waals surface area contributed by atoms with Crippen LogP contribution in [0.15, 0.2) is 23.1 Å². The summed E-state index contributed by atoms with van der Waals surface area (Å²) in [6.45, 7) is 5.19. The highest BCUT2D eigenvalue weighted by Crippen LogP contribution is 2.32. The lowest BCUT2D eigenvalue weighted by molar-refractivity contribution is -0.115. The van der Waals surface area contributed by atoms with Crippen LogP contribution in [0.25, 0.3) is 0 Å². The number of ether oxygens (including phenoxy) is 1. The quantitative estimate of drug-likeness (QED) is 0.860. The molecule has 3 aliphatic rings. The highest BCUT2D eigenvalue weighted by molar-refractivity contribution is 7.99. The van der Waals surface area contributed by atoms with E-state index in [9.17, 15) is 9.59 Å². The number of anilines is 1. The van der Waals surface area contributed by atoms with Crippen molar-refractivity contribution < 1.29 is 14.3 Å². The first-order chi connectivity index (χ1) is 13.2. The Bertz CT molecular complexity index is 706. The number of hydrogen-bond acceptors (Lipinski definition) is 5. The maximum Gasteiger partial charge on any atom is 0.254 e. The van der Waals surface area contributed by atoms with Gasteiger partial charge in [0.05, 0.1) is 18.9 Å². The van der Waals surface area contributed by atoms with Gasteiger partial charge in [0.25, 0.3) is 5.91 Å². The molecule has 0 radical (unpaired) electrons. The first-order valence-corrected chi connectivity index (χ1v) is 10.9. The van der Waals surface area contributed by atoms with Gasteiger partial charge in [0, 0.05) is 54.9 Å². The molecule has 0 spiro atoms. The van der Waals surface area contributed by atoms with E-state index in [1.54, 1.807) is 11.8 Å². The number of nitrogens with zero attached hydrogens (tertiary/aromatic N) is 2. The molecule has 6 nitrogen and oxygen atoms in total. The number of nitrogens with one attached hydrogen (secondary N) is 1. The second-order valence-electron chi connectivity index (χ2n) is 7.42. The largest absolute Gasteiger partial charge is 0.379 e. The Hall–Kier alpha value is -1.57. The highest BCUT2D eigenvalue weighted by atomic mass is 32.2. The second-order valence-corrected chi connectivity index (χ2v) is 8.56. The van der Waals surface area contributed by atoms with Crippen molar-refractivity contribution in [2.75, 3.05) is 50.5 Å². The predicted molar refractivity (Wildman–Crippen MR) is 106 cm³/mol. The van der Waals surface area contributed by atoms with E-state index in [1.165, 1.54) is 6.42 Å². The summed E-state index contributed by atoms with van der Waals surface area (Å²) in [5.41, 5.74) is 1.44. The minimum absolute atomic E-state index is 0.0222. The summed E-state index contributed by atoms with van der Waals surface area (Å²) in [5, 5.41) is 2.94. The summed E-state index contributed by atoms with van der Waals surface area (Å²) in [4.78, 5) is 30.6. The van der Waals surface area contributed by atoms with Crippen LogP contribution in [0.1, 0.15) is 36.0 Å². The van der Waals surface area contributed by atoms with Gasteiger partial charge in [-0.05, 0) is 37.5 Å². The van der Waals surface area contributed by atoms with Gasteiger partial charge in [0.1, 0.15) is 0 Å². The van der Waals surface area contributed by atoms with E-state index in [0.29, 0.717) is 12.0 Å². The Kier molecular flexibility index (Phi) is 6.00. The molecule has 1 atom stereocenters. The zero-order chi connectivity index (χ0) is 18.6. The van der Waals surface area contributed by atoms with Crippen LogP contribution in [0.4, 0.5) is 5.69 Å². The highest BCUT2D eigenvalue weighted by Gasteiger charge is 2.30. The van der Waals surface area contributed by atoms with E-state index in [-0.39, 0.29) is 17.9 Å². The fourth-order valence-electron chi connectivity index (χ4n) is 4.06. The van der Waals surface area contributed by atoms with E-state index >= 15 is 0 Å². The fourth-order valence-corrected chi connectivity index (χ4v) is 5.00. The van der Waals surface area contributed by atoms with Gasteiger partial charge in [-0.2, -0.15) is 0 Å². The van der Waals surface area contributed by atoms with Gasteiger partial charge in [-0.3, -0.25) is 14.5 Å². The van der Waals surface area contributed by atoms with Crippen molar-refractivity contribution in [3.8, 4) is 0 Å². The number of carbonyl (C=O) groups is 2. The Balaban J connectivity index is 1.50. The van der Waals surface area contributed by atoms with Crippen molar-refractivity contribution >= 4 is 29.3 Å². The second kappa shape index (κ2) is 8.63. The summed E-state index contributed by atoms with van der Waals surface area (Å²) >= 11 is 1.67. The molecule has 0 aromatic heterocycles. The average molecular weight is 390 g/mol. The minimum Gasteiger partial charge on any atom is -0.379 e. The predicted octanol–water partition coefficient (Wildman–Crippen LogP) is 2.45. The molecule has 2 amide bonds. The molecule has 2 fully saturated rings. The van der Waals surface area contributed by atoms with Crippen molar-refractivity contribution in [1.82, 2.24) is 9.80 Å². The maximum absolute atomic E-state index is 13.3. The Morgan fingerprint density at radius 3 is 2.93 bits per heavy atom. The normalized spacial score (nSPS) is 24.1. The van der Waals surface area contributed by atoms with Crippen LogP contribution in [-0.2, 0) is 9.53 Å². The van der Waals surface area contributed by atoms with Crippen LogP contribution in [0, 0.1) is 0 Å². The Morgan fingerprint density at radius 1 is 1.22 bits per heavy atom. The molecule has 0 bridgehead atoms. The third-order valence-electron chi connectivity index (χ3n) is 5.55. The molecule has 4 rings (SSSR count). The molecule has 0 aliphatic carbocycles. The number of benzene rings is 1. The lowest BCUT2D eigenvalue weighted by Crippen LogP contribution is -2.51.